The molecule has 0 spiro atoms. The summed E-state index contributed by atoms with van der Waals surface area (Å²) in [5, 5.41) is 3.00. The number of piperidine rings is 1. The monoisotopic (exact) mass is 446 g/mol. The molecule has 1 aliphatic rings. The van der Waals surface area contributed by atoms with Gasteiger partial charge in [0.15, 0.2) is 11.5 Å². The van der Waals surface area contributed by atoms with E-state index >= 15 is 0 Å². The molecule has 2 aromatic rings. The van der Waals surface area contributed by atoms with E-state index in [9.17, 15) is 13.2 Å². The molecular weight excluding hydrogens is 416 g/mol. The van der Waals surface area contributed by atoms with Crippen molar-refractivity contribution in [1.82, 2.24) is 9.62 Å². The number of amides is 1. The first-order valence-electron chi connectivity index (χ1n) is 10.5. The second kappa shape index (κ2) is 10.2. The largest absolute Gasteiger partial charge is 0.493 e. The summed E-state index contributed by atoms with van der Waals surface area (Å²) in [6.07, 6.45) is 3.43. The van der Waals surface area contributed by atoms with E-state index in [0.717, 1.165) is 24.8 Å². The van der Waals surface area contributed by atoms with Crippen molar-refractivity contribution in [3.05, 3.63) is 53.6 Å². The Hall–Kier alpha value is -2.58. The van der Waals surface area contributed by atoms with Crippen molar-refractivity contribution in [2.45, 2.75) is 43.5 Å². The van der Waals surface area contributed by atoms with Crippen molar-refractivity contribution in [2.75, 3.05) is 27.3 Å². The van der Waals surface area contributed by atoms with E-state index < -0.39 is 10.0 Å². The molecule has 1 aliphatic heterocycles. The first-order chi connectivity index (χ1) is 14.9. The molecular formula is C23H30N2O5S. The molecule has 1 N–H and O–H groups in total. The highest BCUT2D eigenvalue weighted by molar-refractivity contribution is 7.89. The molecule has 0 aliphatic carbocycles. The lowest BCUT2D eigenvalue weighted by Crippen LogP contribution is -2.35. The molecule has 31 heavy (non-hydrogen) atoms. The summed E-state index contributed by atoms with van der Waals surface area (Å²) in [4.78, 5) is 13.1. The number of sulfonamides is 1. The number of hydrogen-bond donors (Lipinski definition) is 1. The third-order valence-electron chi connectivity index (χ3n) is 5.57. The summed E-state index contributed by atoms with van der Waals surface area (Å²) in [7, 11) is -0.462. The van der Waals surface area contributed by atoms with Crippen LogP contribution in [0.25, 0.3) is 0 Å². The lowest BCUT2D eigenvalue weighted by molar-refractivity contribution is 0.0935. The Morgan fingerprint density at radius 2 is 1.74 bits per heavy atom. The fourth-order valence-electron chi connectivity index (χ4n) is 3.78. The quantitative estimate of drug-likeness (QED) is 0.667. The molecule has 0 saturated carbocycles. The molecule has 0 unspecified atom stereocenters. The SMILES string of the molecule is CC[C@H](NC(=O)c1cccc(S(=O)(=O)N2CCCCC2)c1)c1ccc(OC)c(OC)c1. The summed E-state index contributed by atoms with van der Waals surface area (Å²) >= 11 is 0. The van der Waals surface area contributed by atoms with Gasteiger partial charge < -0.3 is 14.8 Å². The Morgan fingerprint density at radius 3 is 2.39 bits per heavy atom. The van der Waals surface area contributed by atoms with Gasteiger partial charge in [-0.3, -0.25) is 4.79 Å². The number of benzene rings is 2. The first-order valence-corrected chi connectivity index (χ1v) is 12.0. The van der Waals surface area contributed by atoms with Crippen LogP contribution in [0.15, 0.2) is 47.4 Å². The number of carbonyl (C=O) groups excluding carboxylic acids is 1. The molecule has 1 amide bonds. The van der Waals surface area contributed by atoms with Crippen LogP contribution in [0.2, 0.25) is 0 Å². The molecule has 0 radical (unpaired) electrons. The van der Waals surface area contributed by atoms with Crippen LogP contribution >= 0.6 is 0 Å². The van der Waals surface area contributed by atoms with Crippen molar-refractivity contribution < 1.29 is 22.7 Å². The lowest BCUT2D eigenvalue weighted by Gasteiger charge is -2.26. The number of nitrogens with one attached hydrogen (secondary N) is 1. The van der Waals surface area contributed by atoms with Crippen LogP contribution in [0.3, 0.4) is 0 Å². The summed E-state index contributed by atoms with van der Waals surface area (Å²) < 4.78 is 38.1. The smallest absolute Gasteiger partial charge is 0.251 e. The van der Waals surface area contributed by atoms with Crippen molar-refractivity contribution in [1.29, 1.82) is 0 Å². The summed E-state index contributed by atoms with van der Waals surface area (Å²) in [5.74, 6) is 0.878. The van der Waals surface area contributed by atoms with Crippen LogP contribution in [0.5, 0.6) is 11.5 Å². The third kappa shape index (κ3) is 5.19. The Kier molecular flexibility index (Phi) is 7.56. The fraction of sp³-hybridized carbons (Fsp3) is 0.435. The van der Waals surface area contributed by atoms with Crippen molar-refractivity contribution in [3.8, 4) is 11.5 Å². The van der Waals surface area contributed by atoms with Crippen LogP contribution < -0.4 is 14.8 Å². The maximum atomic E-state index is 13.0. The first kappa shape index (κ1) is 23.1. The van der Waals surface area contributed by atoms with Gasteiger partial charge in [-0.2, -0.15) is 4.31 Å². The Balaban J connectivity index is 1.80. The average Bonchev–Trinajstić information content (AvgIpc) is 2.82. The number of rotatable bonds is 8. The maximum Gasteiger partial charge on any atom is 0.251 e. The number of nitrogens with zero attached hydrogens (tertiary/aromatic N) is 1. The Labute approximate surface area is 184 Å². The van der Waals surface area contributed by atoms with Gasteiger partial charge in [0.2, 0.25) is 10.0 Å². The fourth-order valence-corrected chi connectivity index (χ4v) is 5.35. The zero-order chi connectivity index (χ0) is 22.4. The second-order valence-corrected chi connectivity index (χ2v) is 9.48. The van der Waals surface area contributed by atoms with E-state index in [-0.39, 0.29) is 16.8 Å². The highest BCUT2D eigenvalue weighted by Crippen LogP contribution is 2.31. The normalized spacial score (nSPS) is 15.8. The number of ether oxygens (including phenoxy) is 2. The molecule has 0 bridgehead atoms. The number of methoxy groups -OCH3 is 2. The molecule has 3 rings (SSSR count). The summed E-state index contributed by atoms with van der Waals surface area (Å²) in [6, 6.07) is 11.5. The zero-order valence-electron chi connectivity index (χ0n) is 18.3. The van der Waals surface area contributed by atoms with Crippen LogP contribution in [0, 0.1) is 0 Å². The molecule has 1 heterocycles. The maximum absolute atomic E-state index is 13.0. The predicted octanol–water partition coefficient (Wildman–Crippen LogP) is 3.76. The van der Waals surface area contributed by atoms with Gasteiger partial charge in [0.25, 0.3) is 5.91 Å². The summed E-state index contributed by atoms with van der Waals surface area (Å²) in [5.41, 5.74) is 1.20. The number of hydrogen-bond acceptors (Lipinski definition) is 5. The van der Waals surface area contributed by atoms with E-state index in [1.807, 2.05) is 19.1 Å². The van der Waals surface area contributed by atoms with Gasteiger partial charge in [-0.15, -0.1) is 0 Å². The summed E-state index contributed by atoms with van der Waals surface area (Å²) in [6.45, 7) is 3.02. The average molecular weight is 447 g/mol. The van der Waals surface area contributed by atoms with Crippen LogP contribution in [0.4, 0.5) is 0 Å². The zero-order valence-corrected chi connectivity index (χ0v) is 19.1. The van der Waals surface area contributed by atoms with Gasteiger partial charge in [0.1, 0.15) is 0 Å². The van der Waals surface area contributed by atoms with E-state index in [0.29, 0.717) is 36.6 Å². The molecule has 8 heteroatoms. The minimum atomic E-state index is -3.60. The van der Waals surface area contributed by atoms with Crippen molar-refractivity contribution >= 4 is 15.9 Å². The second-order valence-electron chi connectivity index (χ2n) is 7.54. The minimum Gasteiger partial charge on any atom is -0.493 e. The van der Waals surface area contributed by atoms with Crippen molar-refractivity contribution in [3.63, 3.8) is 0 Å². The molecule has 0 aromatic heterocycles. The Bertz CT molecular complexity index is 1020. The van der Waals surface area contributed by atoms with Crippen LogP contribution in [-0.2, 0) is 10.0 Å². The van der Waals surface area contributed by atoms with E-state index in [1.165, 1.54) is 10.4 Å². The van der Waals surface area contributed by atoms with Gasteiger partial charge in [-0.25, -0.2) is 8.42 Å². The standard InChI is InChI=1S/C23H30N2O5S/c1-4-20(17-11-12-21(29-2)22(16-17)30-3)24-23(26)18-9-8-10-19(15-18)31(27,28)25-13-6-5-7-14-25/h8-12,15-16,20H,4-7,13-14H2,1-3H3,(H,24,26)/t20-/m0/s1. The van der Waals surface area contributed by atoms with Gasteiger partial charge in [-0.1, -0.05) is 25.5 Å². The molecule has 7 nitrogen and oxygen atoms in total. The molecule has 2 aromatic carbocycles. The predicted molar refractivity (Wildman–Crippen MR) is 119 cm³/mol. The van der Waals surface area contributed by atoms with Gasteiger partial charge in [-0.05, 0) is 55.2 Å². The molecule has 1 saturated heterocycles. The topological polar surface area (TPSA) is 84.9 Å². The van der Waals surface area contributed by atoms with Crippen LogP contribution in [-0.4, -0.2) is 45.9 Å². The Morgan fingerprint density at radius 1 is 1.03 bits per heavy atom. The minimum absolute atomic E-state index is 0.154. The molecule has 1 atom stereocenters. The highest BCUT2D eigenvalue weighted by Gasteiger charge is 2.26. The van der Waals surface area contributed by atoms with Crippen LogP contribution in [0.1, 0.15) is 54.6 Å². The van der Waals surface area contributed by atoms with E-state index in [2.05, 4.69) is 5.32 Å². The molecule has 168 valence electrons. The lowest BCUT2D eigenvalue weighted by atomic mass is 10.0. The highest BCUT2D eigenvalue weighted by atomic mass is 32.2. The molecule has 1 fully saturated rings. The van der Waals surface area contributed by atoms with Gasteiger partial charge in [0, 0.05) is 18.7 Å². The third-order valence-corrected chi connectivity index (χ3v) is 7.47. The van der Waals surface area contributed by atoms with Gasteiger partial charge >= 0.3 is 0 Å². The van der Waals surface area contributed by atoms with E-state index in [4.69, 9.17) is 9.47 Å². The van der Waals surface area contributed by atoms with Crippen molar-refractivity contribution in [2.24, 2.45) is 0 Å². The van der Waals surface area contributed by atoms with E-state index in [1.54, 1.807) is 38.5 Å². The van der Waals surface area contributed by atoms with Gasteiger partial charge in [0.05, 0.1) is 25.2 Å². The number of carbonyl (C=O) groups is 1.